The summed E-state index contributed by atoms with van der Waals surface area (Å²) in [5.41, 5.74) is 1.78. The van der Waals surface area contributed by atoms with Crippen molar-refractivity contribution in [1.29, 1.82) is 0 Å². The molecule has 2 aliphatic rings. The second-order valence-electron chi connectivity index (χ2n) is 4.87. The van der Waals surface area contributed by atoms with Gasteiger partial charge in [-0.15, -0.1) is 0 Å². The Balaban J connectivity index is 1.93. The van der Waals surface area contributed by atoms with Crippen molar-refractivity contribution in [2.75, 3.05) is 19.8 Å². The fourth-order valence-electron chi connectivity index (χ4n) is 2.26. The first-order chi connectivity index (χ1) is 9.63. The maximum Gasteiger partial charge on any atom is 0.331 e. The molecule has 2 rings (SSSR count). The van der Waals surface area contributed by atoms with E-state index in [-0.39, 0.29) is 5.97 Å². The summed E-state index contributed by atoms with van der Waals surface area (Å²) in [4.78, 5) is 11.3. The molecule has 108 valence electrons. The van der Waals surface area contributed by atoms with Gasteiger partial charge in [0.2, 0.25) is 0 Å². The Bertz CT molecular complexity index is 484. The molecule has 4 heteroatoms. The van der Waals surface area contributed by atoms with E-state index < -0.39 is 5.79 Å². The highest BCUT2D eigenvalue weighted by Crippen LogP contribution is 2.34. The third-order valence-corrected chi connectivity index (χ3v) is 3.29. The zero-order valence-electron chi connectivity index (χ0n) is 12.0. The molecule has 1 spiro atoms. The van der Waals surface area contributed by atoms with E-state index in [4.69, 9.17) is 14.2 Å². The van der Waals surface area contributed by atoms with Gasteiger partial charge >= 0.3 is 5.97 Å². The van der Waals surface area contributed by atoms with Gasteiger partial charge in [0.25, 0.3) is 0 Å². The maximum absolute atomic E-state index is 11.3. The van der Waals surface area contributed by atoms with Crippen molar-refractivity contribution in [3.63, 3.8) is 0 Å². The molecule has 0 aromatic heterocycles. The van der Waals surface area contributed by atoms with Crippen molar-refractivity contribution < 1.29 is 19.0 Å². The Kier molecular flexibility index (Phi) is 4.99. The summed E-state index contributed by atoms with van der Waals surface area (Å²) in [6.07, 6.45) is 5.93. The summed E-state index contributed by atoms with van der Waals surface area (Å²) in [5, 5.41) is 0. The summed E-state index contributed by atoms with van der Waals surface area (Å²) in [5.74, 6) is 5.33. The summed E-state index contributed by atoms with van der Waals surface area (Å²) in [6, 6.07) is 0. The Hall–Kier alpha value is -1.57. The third-order valence-electron chi connectivity index (χ3n) is 3.29. The van der Waals surface area contributed by atoms with E-state index in [2.05, 4.69) is 17.9 Å². The van der Waals surface area contributed by atoms with E-state index in [0.29, 0.717) is 25.4 Å². The van der Waals surface area contributed by atoms with Crippen molar-refractivity contribution in [3.8, 4) is 11.8 Å². The van der Waals surface area contributed by atoms with Gasteiger partial charge in [0, 0.05) is 24.5 Å². The van der Waals surface area contributed by atoms with E-state index in [1.165, 1.54) is 6.08 Å². The van der Waals surface area contributed by atoms with E-state index in [0.717, 1.165) is 24.8 Å². The van der Waals surface area contributed by atoms with E-state index in [1.54, 1.807) is 13.8 Å². The van der Waals surface area contributed by atoms with Gasteiger partial charge in [0.1, 0.15) is 0 Å². The largest absolute Gasteiger partial charge is 0.463 e. The highest BCUT2D eigenvalue weighted by molar-refractivity contribution is 5.83. The van der Waals surface area contributed by atoms with E-state index in [1.807, 2.05) is 0 Å². The van der Waals surface area contributed by atoms with Gasteiger partial charge in [-0.25, -0.2) is 4.79 Å². The minimum atomic E-state index is -0.402. The predicted molar refractivity (Wildman–Crippen MR) is 74.7 cm³/mol. The highest BCUT2D eigenvalue weighted by atomic mass is 16.7. The Labute approximate surface area is 119 Å². The van der Waals surface area contributed by atoms with Crippen LogP contribution in [0.15, 0.2) is 23.3 Å². The van der Waals surface area contributed by atoms with Gasteiger partial charge in [-0.05, 0) is 25.8 Å². The van der Waals surface area contributed by atoms with Gasteiger partial charge in [-0.3, -0.25) is 0 Å². The predicted octanol–water partition coefficient (Wildman–Crippen LogP) is 2.35. The highest BCUT2D eigenvalue weighted by Gasteiger charge is 2.37. The molecule has 1 aliphatic heterocycles. The molecule has 0 atom stereocenters. The van der Waals surface area contributed by atoms with E-state index >= 15 is 0 Å². The molecular formula is C16H20O4. The fraction of sp³-hybridized carbons (Fsp3) is 0.562. The Morgan fingerprint density at radius 1 is 1.50 bits per heavy atom. The number of hydrogen-bond acceptors (Lipinski definition) is 4. The average Bonchev–Trinajstić information content (AvgIpc) is 2.87. The topological polar surface area (TPSA) is 44.8 Å². The minimum absolute atomic E-state index is 0.344. The second kappa shape index (κ2) is 6.74. The van der Waals surface area contributed by atoms with Crippen molar-refractivity contribution in [1.82, 2.24) is 0 Å². The van der Waals surface area contributed by atoms with Crippen LogP contribution in [0.25, 0.3) is 0 Å². The molecule has 0 amide bonds. The number of hydrogen-bond donors (Lipinski definition) is 0. The van der Waals surface area contributed by atoms with Gasteiger partial charge in [0.05, 0.1) is 19.8 Å². The molecule has 0 bridgehead atoms. The lowest BCUT2D eigenvalue weighted by Crippen LogP contribution is -2.31. The molecule has 0 radical (unpaired) electrons. The Morgan fingerprint density at radius 2 is 2.25 bits per heavy atom. The molecule has 0 saturated carbocycles. The van der Waals surface area contributed by atoms with Crippen LogP contribution in [0.3, 0.4) is 0 Å². The van der Waals surface area contributed by atoms with Crippen LogP contribution in [0.5, 0.6) is 0 Å². The maximum atomic E-state index is 11.3. The second-order valence-corrected chi connectivity index (χ2v) is 4.87. The first-order valence-electron chi connectivity index (χ1n) is 6.97. The molecule has 0 aromatic carbocycles. The molecule has 0 aromatic rings. The number of esters is 1. The number of carbonyl (C=O) groups excluding carboxylic acids is 1. The standard InChI is InChI=1S/C16H20O4/c1-3-18-15(17)12-13(2)4-5-14-6-8-16(9-7-14)19-10-11-20-16/h6,12H,3,7-11H2,1-2H3/b13-12+. The van der Waals surface area contributed by atoms with Crippen LogP contribution in [0.1, 0.15) is 33.1 Å². The minimum Gasteiger partial charge on any atom is -0.463 e. The molecule has 1 fully saturated rings. The summed E-state index contributed by atoms with van der Waals surface area (Å²) >= 11 is 0. The monoisotopic (exact) mass is 276 g/mol. The number of ether oxygens (including phenoxy) is 3. The lowest BCUT2D eigenvalue weighted by Gasteiger charge is -2.29. The molecule has 20 heavy (non-hydrogen) atoms. The zero-order chi connectivity index (χ0) is 14.4. The quantitative estimate of drug-likeness (QED) is 0.441. The first-order valence-corrected chi connectivity index (χ1v) is 6.97. The van der Waals surface area contributed by atoms with Gasteiger partial charge < -0.3 is 14.2 Å². The SMILES string of the molecule is CCOC(=O)/C=C(\C)C#CC1=CCC2(CC1)OCCO2. The number of carbonyl (C=O) groups is 1. The molecule has 1 aliphatic carbocycles. The molecule has 1 saturated heterocycles. The van der Waals surface area contributed by atoms with Crippen molar-refractivity contribution in [3.05, 3.63) is 23.3 Å². The van der Waals surface area contributed by atoms with Crippen LogP contribution in [0, 0.1) is 11.8 Å². The van der Waals surface area contributed by atoms with Gasteiger partial charge in [-0.1, -0.05) is 17.9 Å². The molecular weight excluding hydrogens is 256 g/mol. The summed E-state index contributed by atoms with van der Waals surface area (Å²) < 4.78 is 16.1. The summed E-state index contributed by atoms with van der Waals surface area (Å²) in [6.45, 7) is 5.32. The number of allylic oxidation sites excluding steroid dienone is 2. The van der Waals surface area contributed by atoms with Crippen LogP contribution in [-0.2, 0) is 19.0 Å². The van der Waals surface area contributed by atoms with Gasteiger partial charge in [0.15, 0.2) is 5.79 Å². The van der Waals surface area contributed by atoms with Crippen molar-refractivity contribution in [2.24, 2.45) is 0 Å². The third kappa shape index (κ3) is 3.96. The van der Waals surface area contributed by atoms with Crippen molar-refractivity contribution in [2.45, 2.75) is 38.9 Å². The summed E-state index contributed by atoms with van der Waals surface area (Å²) in [7, 11) is 0. The lowest BCUT2D eigenvalue weighted by atomic mass is 9.94. The fourth-order valence-corrected chi connectivity index (χ4v) is 2.26. The smallest absolute Gasteiger partial charge is 0.331 e. The van der Waals surface area contributed by atoms with Crippen LogP contribution in [0.4, 0.5) is 0 Å². The molecule has 0 N–H and O–H groups in total. The Morgan fingerprint density at radius 3 is 2.85 bits per heavy atom. The zero-order valence-corrected chi connectivity index (χ0v) is 12.0. The molecule has 4 nitrogen and oxygen atoms in total. The van der Waals surface area contributed by atoms with Crippen molar-refractivity contribution >= 4 is 5.97 Å². The molecule has 1 heterocycles. The van der Waals surface area contributed by atoms with E-state index in [9.17, 15) is 4.79 Å². The normalized spacial score (nSPS) is 21.1. The van der Waals surface area contributed by atoms with Crippen LogP contribution in [-0.4, -0.2) is 31.6 Å². The lowest BCUT2D eigenvalue weighted by molar-refractivity contribution is -0.161. The van der Waals surface area contributed by atoms with Crippen LogP contribution >= 0.6 is 0 Å². The molecule has 0 unspecified atom stereocenters. The number of rotatable bonds is 2. The van der Waals surface area contributed by atoms with Crippen LogP contribution in [0.2, 0.25) is 0 Å². The van der Waals surface area contributed by atoms with Gasteiger partial charge in [-0.2, -0.15) is 0 Å². The van der Waals surface area contributed by atoms with Crippen LogP contribution < -0.4 is 0 Å². The average molecular weight is 276 g/mol. The first kappa shape index (κ1) is 14.8.